The van der Waals surface area contributed by atoms with E-state index in [-0.39, 0.29) is 5.91 Å². The van der Waals surface area contributed by atoms with Gasteiger partial charge >= 0.3 is 0 Å². The summed E-state index contributed by atoms with van der Waals surface area (Å²) in [5.74, 6) is 0.569. The average Bonchev–Trinajstić information content (AvgIpc) is 2.20. The van der Waals surface area contributed by atoms with Crippen LogP contribution in [0.4, 0.5) is 0 Å². The fraction of sp³-hybridized carbons (Fsp3) is 0.462. The van der Waals surface area contributed by atoms with E-state index in [1.54, 1.807) is 0 Å². The van der Waals surface area contributed by atoms with Gasteiger partial charge in [0.2, 0.25) is 5.91 Å². The van der Waals surface area contributed by atoms with Crippen molar-refractivity contribution in [3.05, 3.63) is 34.3 Å². The maximum absolute atomic E-state index is 11.4. The van der Waals surface area contributed by atoms with Gasteiger partial charge in [-0.3, -0.25) is 4.79 Å². The molecule has 0 fully saturated rings. The van der Waals surface area contributed by atoms with Gasteiger partial charge < -0.3 is 5.32 Å². The van der Waals surface area contributed by atoms with Gasteiger partial charge in [0.15, 0.2) is 0 Å². The first-order valence-electron chi connectivity index (χ1n) is 5.59. The van der Waals surface area contributed by atoms with Gasteiger partial charge in [0, 0.05) is 17.4 Å². The number of nitrogens with one attached hydrogen (secondary N) is 1. The van der Waals surface area contributed by atoms with Crippen molar-refractivity contribution < 1.29 is 4.79 Å². The van der Waals surface area contributed by atoms with Crippen LogP contribution in [0.25, 0.3) is 0 Å². The van der Waals surface area contributed by atoms with Crippen molar-refractivity contribution in [2.24, 2.45) is 5.92 Å². The van der Waals surface area contributed by atoms with Crippen molar-refractivity contribution in [3.63, 3.8) is 0 Å². The Labute approximate surface area is 106 Å². The fourth-order valence-electron chi connectivity index (χ4n) is 1.44. The molecule has 3 heteroatoms. The third kappa shape index (κ3) is 5.31. The highest BCUT2D eigenvalue weighted by Gasteiger charge is 2.03. The molecule has 0 saturated heterocycles. The molecule has 1 N–H and O–H groups in total. The van der Waals surface area contributed by atoms with E-state index in [4.69, 9.17) is 0 Å². The maximum Gasteiger partial charge on any atom is 0.220 e. The van der Waals surface area contributed by atoms with Gasteiger partial charge in [0.05, 0.1) is 0 Å². The summed E-state index contributed by atoms with van der Waals surface area (Å²) in [4.78, 5) is 11.4. The van der Waals surface area contributed by atoms with Crippen LogP contribution in [0.3, 0.4) is 0 Å². The zero-order chi connectivity index (χ0) is 12.0. The van der Waals surface area contributed by atoms with E-state index in [9.17, 15) is 4.79 Å². The second-order valence-corrected chi connectivity index (χ2v) is 5.24. The minimum atomic E-state index is 0.145. The lowest BCUT2D eigenvalue weighted by molar-refractivity contribution is -0.121. The van der Waals surface area contributed by atoms with Crippen LogP contribution in [-0.4, -0.2) is 12.5 Å². The van der Waals surface area contributed by atoms with Gasteiger partial charge in [-0.1, -0.05) is 41.9 Å². The van der Waals surface area contributed by atoms with Gasteiger partial charge in [-0.15, -0.1) is 0 Å². The molecule has 0 aliphatic heterocycles. The number of benzene rings is 1. The van der Waals surface area contributed by atoms with Crippen molar-refractivity contribution >= 4 is 21.8 Å². The van der Waals surface area contributed by atoms with E-state index >= 15 is 0 Å². The smallest absolute Gasteiger partial charge is 0.220 e. The van der Waals surface area contributed by atoms with Crippen LogP contribution in [0.5, 0.6) is 0 Å². The molecule has 1 aromatic rings. The van der Waals surface area contributed by atoms with Crippen molar-refractivity contribution in [2.75, 3.05) is 6.54 Å². The molecule has 0 radical (unpaired) electrons. The summed E-state index contributed by atoms with van der Waals surface area (Å²) in [7, 11) is 0. The quantitative estimate of drug-likeness (QED) is 0.884. The van der Waals surface area contributed by atoms with E-state index in [0.717, 1.165) is 10.9 Å². The summed E-state index contributed by atoms with van der Waals surface area (Å²) >= 11 is 3.39. The lowest BCUT2D eigenvalue weighted by Gasteiger charge is -2.07. The summed E-state index contributed by atoms with van der Waals surface area (Å²) in [6.45, 7) is 4.82. The topological polar surface area (TPSA) is 29.1 Å². The first-order valence-corrected chi connectivity index (χ1v) is 6.38. The molecular weight excluding hydrogens is 266 g/mol. The summed E-state index contributed by atoms with van der Waals surface area (Å²) < 4.78 is 1.08. The molecule has 0 aromatic heterocycles. The molecule has 0 atom stereocenters. The van der Waals surface area contributed by atoms with Crippen molar-refractivity contribution in [2.45, 2.75) is 26.7 Å². The molecule has 0 bridgehead atoms. The van der Waals surface area contributed by atoms with Crippen LogP contribution >= 0.6 is 15.9 Å². The van der Waals surface area contributed by atoms with Crippen molar-refractivity contribution in [3.8, 4) is 0 Å². The molecule has 1 rings (SSSR count). The van der Waals surface area contributed by atoms with Crippen molar-refractivity contribution in [1.82, 2.24) is 5.32 Å². The van der Waals surface area contributed by atoms with Crippen molar-refractivity contribution in [1.29, 1.82) is 0 Å². The standard InChI is InChI=1S/C13H18BrNO/c1-10(2)9-13(16)15-8-7-11-3-5-12(14)6-4-11/h3-6,10H,7-9H2,1-2H3,(H,15,16). The second-order valence-electron chi connectivity index (χ2n) is 4.32. The molecular formula is C13H18BrNO. The van der Waals surface area contributed by atoms with Gasteiger partial charge in [-0.25, -0.2) is 0 Å². The summed E-state index contributed by atoms with van der Waals surface area (Å²) in [6.07, 6.45) is 1.50. The largest absolute Gasteiger partial charge is 0.356 e. The summed E-state index contributed by atoms with van der Waals surface area (Å²) in [5.41, 5.74) is 1.24. The number of halogens is 1. The fourth-order valence-corrected chi connectivity index (χ4v) is 1.70. The van der Waals surface area contributed by atoms with E-state index in [1.165, 1.54) is 5.56 Å². The van der Waals surface area contributed by atoms with E-state index in [2.05, 4.69) is 33.4 Å². The van der Waals surface area contributed by atoms with Gasteiger partial charge in [-0.2, -0.15) is 0 Å². The van der Waals surface area contributed by atoms with Crippen LogP contribution in [0.15, 0.2) is 28.7 Å². The molecule has 0 aliphatic rings. The second kappa shape index (κ2) is 6.69. The molecule has 0 unspecified atom stereocenters. The van der Waals surface area contributed by atoms with Gasteiger partial charge in [-0.05, 0) is 30.0 Å². The normalized spacial score (nSPS) is 10.5. The molecule has 2 nitrogen and oxygen atoms in total. The lowest BCUT2D eigenvalue weighted by atomic mass is 10.1. The lowest BCUT2D eigenvalue weighted by Crippen LogP contribution is -2.26. The Morgan fingerprint density at radius 1 is 1.31 bits per heavy atom. The number of rotatable bonds is 5. The Balaban J connectivity index is 2.25. The highest BCUT2D eigenvalue weighted by molar-refractivity contribution is 9.10. The minimum Gasteiger partial charge on any atom is -0.356 e. The highest BCUT2D eigenvalue weighted by Crippen LogP contribution is 2.10. The summed E-state index contributed by atoms with van der Waals surface area (Å²) in [6, 6.07) is 8.17. The predicted molar refractivity (Wildman–Crippen MR) is 70.3 cm³/mol. The van der Waals surface area contributed by atoms with E-state index in [1.807, 2.05) is 26.0 Å². The molecule has 0 aliphatic carbocycles. The monoisotopic (exact) mass is 283 g/mol. The Morgan fingerprint density at radius 3 is 2.50 bits per heavy atom. The third-order valence-electron chi connectivity index (χ3n) is 2.24. The van der Waals surface area contributed by atoms with Gasteiger partial charge in [0.25, 0.3) is 0 Å². The predicted octanol–water partition coefficient (Wildman–Crippen LogP) is 3.15. The molecule has 0 heterocycles. The highest BCUT2D eigenvalue weighted by atomic mass is 79.9. The maximum atomic E-state index is 11.4. The van der Waals surface area contributed by atoms with Gasteiger partial charge in [0.1, 0.15) is 0 Å². The SMILES string of the molecule is CC(C)CC(=O)NCCc1ccc(Br)cc1. The number of hydrogen-bond donors (Lipinski definition) is 1. The Hall–Kier alpha value is -0.830. The van der Waals surface area contributed by atoms with Crippen LogP contribution in [0.2, 0.25) is 0 Å². The van der Waals surface area contributed by atoms with E-state index < -0.39 is 0 Å². The number of carbonyl (C=O) groups excluding carboxylic acids is 1. The molecule has 88 valence electrons. The first-order chi connectivity index (χ1) is 7.58. The van der Waals surface area contributed by atoms with Crippen LogP contribution in [0.1, 0.15) is 25.8 Å². The molecule has 0 spiro atoms. The zero-order valence-electron chi connectivity index (χ0n) is 9.79. The number of amides is 1. The summed E-state index contributed by atoms with van der Waals surface area (Å²) in [5, 5.41) is 2.93. The Bertz CT molecular complexity index is 332. The molecule has 0 saturated carbocycles. The van der Waals surface area contributed by atoms with E-state index in [0.29, 0.717) is 18.9 Å². The molecule has 1 aromatic carbocycles. The zero-order valence-corrected chi connectivity index (χ0v) is 11.4. The molecule has 16 heavy (non-hydrogen) atoms. The minimum absolute atomic E-state index is 0.145. The average molecular weight is 284 g/mol. The number of carbonyl (C=O) groups is 1. The van der Waals surface area contributed by atoms with Crippen LogP contribution in [-0.2, 0) is 11.2 Å². The molecule has 1 amide bonds. The Kier molecular flexibility index (Phi) is 5.53. The number of hydrogen-bond acceptors (Lipinski definition) is 1. The third-order valence-corrected chi connectivity index (χ3v) is 2.77. The van der Waals surface area contributed by atoms with Crippen LogP contribution < -0.4 is 5.32 Å². The van der Waals surface area contributed by atoms with Crippen LogP contribution in [0, 0.1) is 5.92 Å². The first kappa shape index (κ1) is 13.2. The Morgan fingerprint density at radius 2 is 1.94 bits per heavy atom.